The molecule has 2 aliphatic rings. The van der Waals surface area contributed by atoms with E-state index in [1.807, 2.05) is 0 Å². The molecule has 2 fully saturated rings. The molecule has 0 radical (unpaired) electrons. The van der Waals surface area contributed by atoms with Crippen molar-refractivity contribution in [2.24, 2.45) is 0 Å². The second-order valence-corrected chi connectivity index (χ2v) is 6.29. The molecule has 20 heavy (non-hydrogen) atoms. The Morgan fingerprint density at radius 2 is 1.95 bits per heavy atom. The number of pyridine rings is 1. The lowest BCUT2D eigenvalue weighted by Gasteiger charge is -2.29. The average Bonchev–Trinajstić information content (AvgIpc) is 3.13. The van der Waals surface area contributed by atoms with Crippen molar-refractivity contribution < 1.29 is 0 Å². The molecule has 1 heterocycles. The third-order valence-corrected chi connectivity index (χ3v) is 4.74. The molecule has 3 nitrogen and oxygen atoms in total. The van der Waals surface area contributed by atoms with Gasteiger partial charge in [-0.25, -0.2) is 4.98 Å². The summed E-state index contributed by atoms with van der Waals surface area (Å²) in [6.45, 7) is 6.43. The molecular formula is C17H27N3. The fraction of sp³-hybridized carbons (Fsp3) is 0.706. The van der Waals surface area contributed by atoms with Gasteiger partial charge in [0, 0.05) is 30.9 Å². The van der Waals surface area contributed by atoms with Crippen molar-refractivity contribution in [3.05, 3.63) is 23.4 Å². The molecule has 3 rings (SSSR count). The van der Waals surface area contributed by atoms with Gasteiger partial charge in [0.15, 0.2) is 0 Å². The number of anilines is 1. The maximum atomic E-state index is 4.87. The fourth-order valence-corrected chi connectivity index (χ4v) is 3.29. The first kappa shape index (κ1) is 13.9. The van der Waals surface area contributed by atoms with Crippen molar-refractivity contribution in [3.63, 3.8) is 0 Å². The minimum Gasteiger partial charge on any atom is -0.354 e. The number of aromatic nitrogens is 1. The van der Waals surface area contributed by atoms with Gasteiger partial charge in [-0.05, 0) is 51.2 Å². The smallest absolute Gasteiger partial charge is 0.129 e. The van der Waals surface area contributed by atoms with Crippen LogP contribution in [0.3, 0.4) is 0 Å². The summed E-state index contributed by atoms with van der Waals surface area (Å²) in [5, 5.41) is 3.58. The monoisotopic (exact) mass is 273 g/mol. The van der Waals surface area contributed by atoms with Crippen LogP contribution in [-0.2, 0) is 6.54 Å². The van der Waals surface area contributed by atoms with Crippen LogP contribution in [0.15, 0.2) is 12.1 Å². The summed E-state index contributed by atoms with van der Waals surface area (Å²) in [6.07, 6.45) is 8.11. The van der Waals surface area contributed by atoms with Gasteiger partial charge in [0.2, 0.25) is 0 Å². The summed E-state index contributed by atoms with van der Waals surface area (Å²) in [5.74, 6) is 1.17. The van der Waals surface area contributed by atoms with E-state index in [1.165, 1.54) is 55.6 Å². The molecule has 0 aliphatic heterocycles. The van der Waals surface area contributed by atoms with Crippen molar-refractivity contribution in [1.82, 2.24) is 10.3 Å². The van der Waals surface area contributed by atoms with Crippen LogP contribution in [-0.4, -0.2) is 23.6 Å². The van der Waals surface area contributed by atoms with Crippen LogP contribution in [0.4, 0.5) is 5.82 Å². The quantitative estimate of drug-likeness (QED) is 0.861. The Kier molecular flexibility index (Phi) is 4.25. The van der Waals surface area contributed by atoms with Crippen molar-refractivity contribution in [1.29, 1.82) is 0 Å². The molecule has 2 saturated carbocycles. The molecule has 1 N–H and O–H groups in total. The van der Waals surface area contributed by atoms with E-state index in [0.29, 0.717) is 6.04 Å². The van der Waals surface area contributed by atoms with E-state index in [4.69, 9.17) is 4.98 Å². The van der Waals surface area contributed by atoms with E-state index in [9.17, 15) is 0 Å². The molecule has 0 atom stereocenters. The van der Waals surface area contributed by atoms with Gasteiger partial charge in [-0.2, -0.15) is 0 Å². The highest BCUT2D eigenvalue weighted by molar-refractivity contribution is 5.43. The highest BCUT2D eigenvalue weighted by Crippen LogP contribution is 2.27. The minimum absolute atomic E-state index is 0.710. The van der Waals surface area contributed by atoms with Gasteiger partial charge in [-0.3, -0.25) is 0 Å². The van der Waals surface area contributed by atoms with Crippen LogP contribution in [0, 0.1) is 6.92 Å². The predicted molar refractivity (Wildman–Crippen MR) is 84.1 cm³/mol. The molecule has 0 unspecified atom stereocenters. The second kappa shape index (κ2) is 6.13. The molecular weight excluding hydrogens is 246 g/mol. The third kappa shape index (κ3) is 3.14. The Morgan fingerprint density at radius 1 is 1.20 bits per heavy atom. The standard InChI is InChI=1S/C17H27N3/c1-3-20(16-6-4-5-7-16)17-11-8-14(13(2)19-17)12-18-15-9-10-15/h8,11,15-16,18H,3-7,9-10,12H2,1-2H3. The van der Waals surface area contributed by atoms with Gasteiger partial charge < -0.3 is 10.2 Å². The highest BCUT2D eigenvalue weighted by Gasteiger charge is 2.23. The number of hydrogen-bond acceptors (Lipinski definition) is 3. The van der Waals surface area contributed by atoms with Crippen LogP contribution in [0.2, 0.25) is 0 Å². The molecule has 0 spiro atoms. The van der Waals surface area contributed by atoms with Crippen molar-refractivity contribution in [2.75, 3.05) is 11.4 Å². The normalized spacial score (nSPS) is 19.5. The topological polar surface area (TPSA) is 28.2 Å². The van der Waals surface area contributed by atoms with Crippen LogP contribution in [0.5, 0.6) is 0 Å². The molecule has 0 bridgehead atoms. The van der Waals surface area contributed by atoms with Crippen molar-refractivity contribution >= 4 is 5.82 Å². The molecule has 0 aromatic carbocycles. The molecule has 0 amide bonds. The first-order valence-electron chi connectivity index (χ1n) is 8.24. The summed E-state index contributed by atoms with van der Waals surface area (Å²) in [5.41, 5.74) is 2.54. The lowest BCUT2D eigenvalue weighted by atomic mass is 10.1. The molecule has 1 aromatic rings. The largest absolute Gasteiger partial charge is 0.354 e. The number of hydrogen-bond donors (Lipinski definition) is 1. The van der Waals surface area contributed by atoms with Crippen LogP contribution >= 0.6 is 0 Å². The highest BCUT2D eigenvalue weighted by atomic mass is 15.2. The maximum absolute atomic E-state index is 4.87. The summed E-state index contributed by atoms with van der Waals surface area (Å²) in [7, 11) is 0. The Morgan fingerprint density at radius 3 is 2.55 bits per heavy atom. The Bertz CT molecular complexity index is 448. The van der Waals surface area contributed by atoms with Crippen molar-refractivity contribution in [3.8, 4) is 0 Å². The molecule has 1 aromatic heterocycles. The Hall–Kier alpha value is -1.09. The SMILES string of the molecule is CCN(c1ccc(CNC2CC2)c(C)n1)C1CCCC1. The first-order valence-corrected chi connectivity index (χ1v) is 8.24. The molecule has 3 heteroatoms. The van der Waals surface area contributed by atoms with Gasteiger partial charge in [-0.1, -0.05) is 18.9 Å². The van der Waals surface area contributed by atoms with E-state index in [-0.39, 0.29) is 0 Å². The second-order valence-electron chi connectivity index (χ2n) is 6.29. The lowest BCUT2D eigenvalue weighted by Crippen LogP contribution is -2.33. The van der Waals surface area contributed by atoms with Gasteiger partial charge in [-0.15, -0.1) is 0 Å². The third-order valence-electron chi connectivity index (χ3n) is 4.74. The Balaban J connectivity index is 1.70. The van der Waals surface area contributed by atoms with Crippen LogP contribution in [0.1, 0.15) is 56.7 Å². The van der Waals surface area contributed by atoms with Crippen LogP contribution in [0.25, 0.3) is 0 Å². The molecule has 0 saturated heterocycles. The number of rotatable bonds is 6. The summed E-state index contributed by atoms with van der Waals surface area (Å²) in [4.78, 5) is 7.37. The zero-order valence-corrected chi connectivity index (χ0v) is 12.9. The van der Waals surface area contributed by atoms with E-state index in [0.717, 1.165) is 19.1 Å². The van der Waals surface area contributed by atoms with E-state index < -0.39 is 0 Å². The maximum Gasteiger partial charge on any atom is 0.129 e. The van der Waals surface area contributed by atoms with Gasteiger partial charge in [0.1, 0.15) is 5.82 Å². The van der Waals surface area contributed by atoms with Gasteiger partial charge in [0.25, 0.3) is 0 Å². The van der Waals surface area contributed by atoms with Crippen LogP contribution < -0.4 is 10.2 Å². The zero-order valence-electron chi connectivity index (χ0n) is 12.9. The number of nitrogens with zero attached hydrogens (tertiary/aromatic N) is 2. The molecule has 2 aliphatic carbocycles. The van der Waals surface area contributed by atoms with E-state index in [2.05, 4.69) is 36.2 Å². The average molecular weight is 273 g/mol. The van der Waals surface area contributed by atoms with E-state index >= 15 is 0 Å². The van der Waals surface area contributed by atoms with Gasteiger partial charge in [0.05, 0.1) is 0 Å². The summed E-state index contributed by atoms with van der Waals surface area (Å²) >= 11 is 0. The lowest BCUT2D eigenvalue weighted by molar-refractivity contribution is 0.611. The fourth-order valence-electron chi connectivity index (χ4n) is 3.29. The summed E-state index contributed by atoms with van der Waals surface area (Å²) < 4.78 is 0. The van der Waals surface area contributed by atoms with E-state index in [1.54, 1.807) is 0 Å². The van der Waals surface area contributed by atoms with Gasteiger partial charge >= 0.3 is 0 Å². The van der Waals surface area contributed by atoms with Crippen molar-refractivity contribution in [2.45, 2.75) is 71.0 Å². The first-order chi connectivity index (χ1) is 9.78. The number of aryl methyl sites for hydroxylation is 1. The molecule has 110 valence electrons. The predicted octanol–water partition coefficient (Wildman–Crippen LogP) is 3.41. The Labute approximate surface area is 122 Å². The number of nitrogens with one attached hydrogen (secondary N) is 1. The zero-order chi connectivity index (χ0) is 13.9. The summed E-state index contributed by atoms with van der Waals surface area (Å²) in [6, 6.07) is 5.96. The minimum atomic E-state index is 0.710.